The van der Waals surface area contributed by atoms with Gasteiger partial charge in [0.2, 0.25) is 5.91 Å². The number of hydrogen-bond donors (Lipinski definition) is 1. The van der Waals surface area contributed by atoms with Gasteiger partial charge < -0.3 is 10.1 Å². The maximum Gasteiger partial charge on any atom is 0.224 e. The molecule has 1 N–H and O–H groups in total. The monoisotopic (exact) mass is 343 g/mol. The highest BCUT2D eigenvalue weighted by Gasteiger charge is 2.18. The van der Waals surface area contributed by atoms with E-state index in [1.165, 1.54) is 0 Å². The maximum absolute atomic E-state index is 12.1. The van der Waals surface area contributed by atoms with Crippen molar-refractivity contribution in [3.05, 3.63) is 54.1 Å². The number of unbranched alkanes of at least 4 members (excludes halogenated alkanes) is 1. The molecule has 1 atom stereocenters. The fourth-order valence-corrected chi connectivity index (χ4v) is 3.90. The molecule has 0 radical (unpaired) electrons. The number of nitrogens with one attached hydrogen (secondary N) is 1. The number of anilines is 1. The van der Waals surface area contributed by atoms with Gasteiger partial charge in [0.15, 0.2) is 0 Å². The highest BCUT2D eigenvalue weighted by molar-refractivity contribution is 7.85. The number of carbonyl (C=O) groups excluding carboxylic acids is 1. The number of ether oxygens (including phenoxy) is 1. The standard InChI is InChI=1S/C19H21NO3S/c21-19-12-11-16-17(20-19)9-6-10-18(16)23-13-4-5-14-24(22)15-7-2-1-3-8-15/h1-3,6-10H,4-5,11-14H2,(H,20,21). The van der Waals surface area contributed by atoms with Crippen molar-refractivity contribution in [3.8, 4) is 5.75 Å². The van der Waals surface area contributed by atoms with E-state index in [-0.39, 0.29) is 5.91 Å². The molecule has 2 aromatic rings. The second-order valence-electron chi connectivity index (χ2n) is 5.75. The van der Waals surface area contributed by atoms with Crippen LogP contribution in [0.1, 0.15) is 24.8 Å². The van der Waals surface area contributed by atoms with E-state index in [2.05, 4.69) is 5.32 Å². The molecule has 0 bridgehead atoms. The van der Waals surface area contributed by atoms with Crippen LogP contribution in [0.4, 0.5) is 5.69 Å². The van der Waals surface area contributed by atoms with Crippen LogP contribution >= 0.6 is 0 Å². The lowest BCUT2D eigenvalue weighted by Crippen LogP contribution is -2.19. The first-order valence-electron chi connectivity index (χ1n) is 8.22. The molecule has 24 heavy (non-hydrogen) atoms. The summed E-state index contributed by atoms with van der Waals surface area (Å²) in [5.74, 6) is 1.55. The van der Waals surface area contributed by atoms with Gasteiger partial charge in [-0.2, -0.15) is 0 Å². The van der Waals surface area contributed by atoms with Crippen molar-refractivity contribution in [2.45, 2.75) is 30.6 Å². The van der Waals surface area contributed by atoms with E-state index in [1.807, 2.05) is 48.5 Å². The molecular formula is C19H21NO3S. The van der Waals surface area contributed by atoms with Gasteiger partial charge in [-0.25, -0.2) is 0 Å². The van der Waals surface area contributed by atoms with Gasteiger partial charge in [-0.3, -0.25) is 9.00 Å². The first kappa shape index (κ1) is 16.7. The highest BCUT2D eigenvalue weighted by atomic mass is 32.2. The van der Waals surface area contributed by atoms with Crippen LogP contribution in [-0.4, -0.2) is 22.5 Å². The van der Waals surface area contributed by atoms with E-state index < -0.39 is 10.8 Å². The lowest BCUT2D eigenvalue weighted by Gasteiger charge is -2.20. The third-order valence-electron chi connectivity index (χ3n) is 4.00. The zero-order chi connectivity index (χ0) is 16.8. The van der Waals surface area contributed by atoms with Gasteiger partial charge in [-0.15, -0.1) is 0 Å². The quantitative estimate of drug-likeness (QED) is 0.783. The van der Waals surface area contributed by atoms with Crippen molar-refractivity contribution < 1.29 is 13.7 Å². The topological polar surface area (TPSA) is 55.4 Å². The second-order valence-corrected chi connectivity index (χ2v) is 7.32. The SMILES string of the molecule is O=C1CCc2c(cccc2OCCCCS(=O)c2ccccc2)N1. The molecule has 0 aliphatic carbocycles. The van der Waals surface area contributed by atoms with Crippen molar-refractivity contribution in [2.24, 2.45) is 0 Å². The van der Waals surface area contributed by atoms with Crippen molar-refractivity contribution >= 4 is 22.4 Å². The summed E-state index contributed by atoms with van der Waals surface area (Å²) in [6.45, 7) is 0.594. The maximum atomic E-state index is 12.1. The van der Waals surface area contributed by atoms with Crippen LogP contribution in [0, 0.1) is 0 Å². The zero-order valence-corrected chi connectivity index (χ0v) is 14.3. The van der Waals surface area contributed by atoms with E-state index >= 15 is 0 Å². The Morgan fingerprint density at radius 2 is 1.83 bits per heavy atom. The Morgan fingerprint density at radius 3 is 2.67 bits per heavy atom. The summed E-state index contributed by atoms with van der Waals surface area (Å²) in [4.78, 5) is 12.3. The molecule has 1 heterocycles. The van der Waals surface area contributed by atoms with Crippen LogP contribution in [-0.2, 0) is 22.0 Å². The van der Waals surface area contributed by atoms with E-state index in [0.29, 0.717) is 18.8 Å². The number of rotatable bonds is 7. The molecule has 0 fully saturated rings. The van der Waals surface area contributed by atoms with Crippen LogP contribution in [0.3, 0.4) is 0 Å². The minimum atomic E-state index is -0.940. The molecule has 0 saturated carbocycles. The van der Waals surface area contributed by atoms with E-state index in [0.717, 1.165) is 41.2 Å². The lowest BCUT2D eigenvalue weighted by atomic mass is 10.0. The highest BCUT2D eigenvalue weighted by Crippen LogP contribution is 2.31. The molecule has 2 aromatic carbocycles. The van der Waals surface area contributed by atoms with E-state index in [9.17, 15) is 9.00 Å². The predicted octanol–water partition coefficient (Wildman–Crippen LogP) is 3.54. The fourth-order valence-electron chi connectivity index (χ4n) is 2.73. The van der Waals surface area contributed by atoms with Gasteiger partial charge in [0, 0.05) is 28.3 Å². The molecule has 1 aliphatic heterocycles. The number of hydrogen-bond acceptors (Lipinski definition) is 3. The third kappa shape index (κ3) is 4.23. The minimum Gasteiger partial charge on any atom is -0.493 e. The van der Waals surface area contributed by atoms with Gasteiger partial charge in [0.05, 0.1) is 17.4 Å². The third-order valence-corrected chi connectivity index (χ3v) is 5.45. The minimum absolute atomic E-state index is 0.0584. The molecule has 1 aliphatic rings. The molecule has 0 spiro atoms. The Bertz CT molecular complexity index is 731. The molecule has 4 nitrogen and oxygen atoms in total. The normalized spacial score (nSPS) is 14.6. The Balaban J connectivity index is 1.45. The second kappa shape index (κ2) is 8.11. The molecule has 0 saturated heterocycles. The predicted molar refractivity (Wildman–Crippen MR) is 95.8 cm³/mol. The van der Waals surface area contributed by atoms with Gasteiger partial charge in [-0.1, -0.05) is 24.3 Å². The number of benzene rings is 2. The lowest BCUT2D eigenvalue weighted by molar-refractivity contribution is -0.116. The number of carbonyl (C=O) groups is 1. The van der Waals surface area contributed by atoms with Crippen LogP contribution in [0.25, 0.3) is 0 Å². The van der Waals surface area contributed by atoms with Gasteiger partial charge in [0.25, 0.3) is 0 Å². The fraction of sp³-hybridized carbons (Fsp3) is 0.316. The Hall–Kier alpha value is -2.14. The summed E-state index contributed by atoms with van der Waals surface area (Å²) in [5, 5.41) is 2.88. The van der Waals surface area contributed by atoms with Crippen LogP contribution in [0.5, 0.6) is 5.75 Å². The molecule has 1 unspecified atom stereocenters. The van der Waals surface area contributed by atoms with Gasteiger partial charge in [-0.05, 0) is 43.5 Å². The van der Waals surface area contributed by atoms with Crippen molar-refractivity contribution in [1.82, 2.24) is 0 Å². The smallest absolute Gasteiger partial charge is 0.224 e. The first-order valence-corrected chi connectivity index (χ1v) is 9.54. The van der Waals surface area contributed by atoms with Crippen LogP contribution in [0.15, 0.2) is 53.4 Å². The summed E-state index contributed by atoms with van der Waals surface area (Å²) in [6, 6.07) is 15.3. The molecule has 1 amide bonds. The molecular weight excluding hydrogens is 322 g/mol. The first-order chi connectivity index (χ1) is 11.7. The summed E-state index contributed by atoms with van der Waals surface area (Å²) in [5.41, 5.74) is 1.93. The molecule has 126 valence electrons. The summed E-state index contributed by atoms with van der Waals surface area (Å²) < 4.78 is 18.0. The summed E-state index contributed by atoms with van der Waals surface area (Å²) in [6.07, 6.45) is 2.93. The average Bonchev–Trinajstić information content (AvgIpc) is 2.61. The van der Waals surface area contributed by atoms with E-state index in [4.69, 9.17) is 4.74 Å². The number of fused-ring (bicyclic) bond motifs is 1. The molecule has 5 heteroatoms. The summed E-state index contributed by atoms with van der Waals surface area (Å²) >= 11 is 0. The van der Waals surface area contributed by atoms with Gasteiger partial charge >= 0.3 is 0 Å². The van der Waals surface area contributed by atoms with Crippen molar-refractivity contribution in [2.75, 3.05) is 17.7 Å². The number of amides is 1. The zero-order valence-electron chi connectivity index (χ0n) is 13.5. The average molecular weight is 343 g/mol. The van der Waals surface area contributed by atoms with E-state index in [1.54, 1.807) is 0 Å². The van der Waals surface area contributed by atoms with Crippen molar-refractivity contribution in [1.29, 1.82) is 0 Å². The Labute approximate surface area is 144 Å². The molecule has 3 rings (SSSR count). The van der Waals surface area contributed by atoms with Crippen molar-refractivity contribution in [3.63, 3.8) is 0 Å². The summed E-state index contributed by atoms with van der Waals surface area (Å²) in [7, 11) is -0.940. The Kier molecular flexibility index (Phi) is 5.64. The van der Waals surface area contributed by atoms with Crippen LogP contribution in [0.2, 0.25) is 0 Å². The Morgan fingerprint density at radius 1 is 1.00 bits per heavy atom. The van der Waals surface area contributed by atoms with Gasteiger partial charge in [0.1, 0.15) is 5.75 Å². The largest absolute Gasteiger partial charge is 0.493 e. The van der Waals surface area contributed by atoms with Crippen LogP contribution < -0.4 is 10.1 Å². The molecule has 0 aromatic heterocycles.